The average molecular weight is 445 g/mol. The molecule has 2 heterocycles. The van der Waals surface area contributed by atoms with Crippen molar-refractivity contribution < 1.29 is 27.2 Å². The molecule has 0 aliphatic carbocycles. The second-order valence-corrected chi connectivity index (χ2v) is 9.14. The number of aryl methyl sites for hydroxylation is 1. The predicted octanol–water partition coefficient (Wildman–Crippen LogP) is 2.59. The summed E-state index contributed by atoms with van der Waals surface area (Å²) in [4.78, 5) is 4.41. The van der Waals surface area contributed by atoms with E-state index in [1.165, 1.54) is 23.5 Å². The molecule has 10 heteroatoms. The van der Waals surface area contributed by atoms with Gasteiger partial charge in [0.05, 0.1) is 4.90 Å². The minimum absolute atomic E-state index is 0.139. The van der Waals surface area contributed by atoms with E-state index in [2.05, 4.69) is 10.1 Å². The zero-order valence-corrected chi connectivity index (χ0v) is 18.1. The van der Waals surface area contributed by atoms with E-state index < -0.39 is 10.0 Å². The summed E-state index contributed by atoms with van der Waals surface area (Å²) in [5, 5.41) is 3.91. The molecule has 0 unspecified atom stereocenters. The van der Waals surface area contributed by atoms with E-state index in [0.717, 1.165) is 5.56 Å². The van der Waals surface area contributed by atoms with E-state index in [1.54, 1.807) is 6.07 Å². The van der Waals surface area contributed by atoms with Gasteiger partial charge in [-0.2, -0.15) is 4.98 Å². The summed E-state index contributed by atoms with van der Waals surface area (Å²) in [5.74, 6) is 2.42. The molecule has 0 saturated heterocycles. The predicted molar refractivity (Wildman–Crippen MR) is 111 cm³/mol. The van der Waals surface area contributed by atoms with Crippen molar-refractivity contribution in [3.8, 4) is 17.2 Å². The Morgan fingerprint density at radius 1 is 1.10 bits per heavy atom. The highest BCUT2D eigenvalue weighted by atomic mass is 32.2. The maximum Gasteiger partial charge on any atom is 0.264 e. The van der Waals surface area contributed by atoms with Crippen LogP contribution in [0.25, 0.3) is 0 Å². The third kappa shape index (κ3) is 4.97. The van der Waals surface area contributed by atoms with Gasteiger partial charge in [0.2, 0.25) is 10.0 Å². The first-order chi connectivity index (χ1) is 14.9. The smallest absolute Gasteiger partial charge is 0.264 e. The third-order valence-electron chi connectivity index (χ3n) is 4.73. The van der Waals surface area contributed by atoms with Gasteiger partial charge in [0.25, 0.3) is 5.89 Å². The van der Waals surface area contributed by atoms with E-state index >= 15 is 0 Å². The van der Waals surface area contributed by atoms with Crippen LogP contribution in [0.4, 0.5) is 0 Å². The average Bonchev–Trinajstić information content (AvgIpc) is 3.23. The van der Waals surface area contributed by atoms with Crippen LogP contribution in [0.3, 0.4) is 0 Å². The highest BCUT2D eigenvalue weighted by Crippen LogP contribution is 2.33. The monoisotopic (exact) mass is 445 g/mol. The molecule has 0 radical (unpaired) electrons. The summed E-state index contributed by atoms with van der Waals surface area (Å²) in [6, 6.07) is 12.2. The van der Waals surface area contributed by atoms with Gasteiger partial charge in [-0.05, 0) is 36.8 Å². The van der Waals surface area contributed by atoms with Gasteiger partial charge in [0, 0.05) is 26.1 Å². The van der Waals surface area contributed by atoms with Crippen molar-refractivity contribution in [2.24, 2.45) is 0 Å². The largest absolute Gasteiger partial charge is 0.486 e. The Morgan fingerprint density at radius 2 is 1.90 bits per heavy atom. The van der Waals surface area contributed by atoms with Crippen LogP contribution in [-0.2, 0) is 23.1 Å². The van der Waals surface area contributed by atoms with Crippen LogP contribution in [0, 0.1) is 6.92 Å². The van der Waals surface area contributed by atoms with Crippen LogP contribution >= 0.6 is 0 Å². The van der Waals surface area contributed by atoms with Gasteiger partial charge >= 0.3 is 0 Å². The number of benzene rings is 2. The van der Waals surface area contributed by atoms with Gasteiger partial charge < -0.3 is 18.7 Å². The number of hydrogen-bond donors (Lipinski definition) is 0. The molecule has 3 aromatic rings. The van der Waals surface area contributed by atoms with Crippen LogP contribution < -0.4 is 14.2 Å². The number of ether oxygens (including phenoxy) is 3. The molecule has 1 aliphatic heterocycles. The highest BCUT2D eigenvalue weighted by Gasteiger charge is 2.24. The molecule has 0 atom stereocenters. The molecular weight excluding hydrogens is 422 g/mol. The van der Waals surface area contributed by atoms with Crippen molar-refractivity contribution in [1.82, 2.24) is 14.4 Å². The van der Waals surface area contributed by atoms with Gasteiger partial charge in [-0.1, -0.05) is 17.3 Å². The van der Waals surface area contributed by atoms with Crippen LogP contribution in [-0.4, -0.2) is 49.7 Å². The molecule has 0 bridgehead atoms. The lowest BCUT2D eigenvalue weighted by Gasteiger charge is -2.21. The third-order valence-corrected chi connectivity index (χ3v) is 6.59. The molecule has 1 aliphatic rings. The van der Waals surface area contributed by atoms with Gasteiger partial charge in [-0.15, -0.1) is 0 Å². The van der Waals surface area contributed by atoms with Gasteiger partial charge in [-0.3, -0.25) is 0 Å². The second kappa shape index (κ2) is 8.94. The van der Waals surface area contributed by atoms with Crippen molar-refractivity contribution in [2.75, 3.05) is 26.8 Å². The Morgan fingerprint density at radius 3 is 2.71 bits per heavy atom. The first-order valence-electron chi connectivity index (χ1n) is 9.79. The summed E-state index contributed by atoms with van der Waals surface area (Å²) in [6.45, 7) is 3.14. The fourth-order valence-corrected chi connectivity index (χ4v) is 4.23. The van der Waals surface area contributed by atoms with Crippen molar-refractivity contribution in [3.05, 3.63) is 59.7 Å². The number of sulfonamides is 1. The normalized spacial score (nSPS) is 13.4. The van der Waals surface area contributed by atoms with Gasteiger partial charge in [0.15, 0.2) is 23.9 Å². The van der Waals surface area contributed by atoms with Crippen LogP contribution in [0.2, 0.25) is 0 Å². The second-order valence-electron chi connectivity index (χ2n) is 7.09. The molecule has 164 valence electrons. The maximum absolute atomic E-state index is 12.9. The minimum Gasteiger partial charge on any atom is -0.486 e. The Kier molecular flexibility index (Phi) is 6.10. The first kappa shape index (κ1) is 21.1. The molecule has 0 N–H and O–H groups in total. The Hall–Kier alpha value is -3.11. The quantitative estimate of drug-likeness (QED) is 0.521. The maximum atomic E-state index is 12.9. The molecule has 2 aromatic carbocycles. The SMILES string of the molecule is Cc1cccc(OCc2nc(CCN(C)S(=O)(=O)c3ccc4c(c3)OCCO4)no2)c1. The highest BCUT2D eigenvalue weighted by molar-refractivity contribution is 7.89. The van der Waals surface area contributed by atoms with Crippen molar-refractivity contribution in [2.45, 2.75) is 24.8 Å². The zero-order chi connectivity index (χ0) is 21.8. The minimum atomic E-state index is -3.70. The molecule has 9 nitrogen and oxygen atoms in total. The van der Waals surface area contributed by atoms with Crippen molar-refractivity contribution >= 4 is 10.0 Å². The fourth-order valence-electron chi connectivity index (χ4n) is 3.04. The summed E-state index contributed by atoms with van der Waals surface area (Å²) >= 11 is 0. The van der Waals surface area contributed by atoms with E-state index in [4.69, 9.17) is 18.7 Å². The lowest BCUT2D eigenvalue weighted by atomic mass is 10.2. The molecule has 1 aromatic heterocycles. The van der Waals surface area contributed by atoms with E-state index in [9.17, 15) is 8.42 Å². The molecular formula is C21H23N3O6S. The summed E-state index contributed by atoms with van der Waals surface area (Å²) in [6.07, 6.45) is 0.300. The molecule has 0 saturated carbocycles. The number of aromatic nitrogens is 2. The number of fused-ring (bicyclic) bond motifs is 1. The molecule has 0 amide bonds. The summed E-state index contributed by atoms with van der Waals surface area (Å²) in [7, 11) is -2.19. The first-order valence-corrected chi connectivity index (χ1v) is 11.2. The molecule has 0 spiro atoms. The van der Waals surface area contributed by atoms with Gasteiger partial charge in [-0.25, -0.2) is 12.7 Å². The number of nitrogens with zero attached hydrogens (tertiary/aromatic N) is 3. The van der Waals surface area contributed by atoms with E-state index in [0.29, 0.717) is 48.6 Å². The Labute approximate surface area is 180 Å². The number of likely N-dealkylation sites (N-methyl/N-ethyl adjacent to an activating group) is 1. The summed E-state index contributed by atoms with van der Waals surface area (Å²) < 4.78 is 48.8. The molecule has 0 fully saturated rings. The van der Waals surface area contributed by atoms with Crippen molar-refractivity contribution in [3.63, 3.8) is 0 Å². The van der Waals surface area contributed by atoms with Crippen molar-refractivity contribution in [1.29, 1.82) is 0 Å². The van der Waals surface area contributed by atoms with Crippen LogP contribution in [0.5, 0.6) is 17.2 Å². The standard InChI is InChI=1S/C21H23N3O6S/c1-15-4-3-5-16(12-15)29-14-21-22-20(23-30-21)8-9-24(2)31(25,26)17-6-7-18-19(13-17)28-11-10-27-18/h3-7,12-13H,8-11,14H2,1-2H3. The lowest BCUT2D eigenvalue weighted by molar-refractivity contribution is 0.171. The zero-order valence-electron chi connectivity index (χ0n) is 17.3. The van der Waals surface area contributed by atoms with Crippen LogP contribution in [0.1, 0.15) is 17.3 Å². The van der Waals surface area contributed by atoms with Crippen LogP contribution in [0.15, 0.2) is 51.9 Å². The number of hydrogen-bond acceptors (Lipinski definition) is 8. The topological polar surface area (TPSA) is 104 Å². The molecule has 4 rings (SSSR count). The molecule has 31 heavy (non-hydrogen) atoms. The Balaban J connectivity index is 1.34. The summed E-state index contributed by atoms with van der Waals surface area (Å²) in [5.41, 5.74) is 1.09. The number of rotatable bonds is 8. The Bertz CT molecular complexity index is 1160. The van der Waals surface area contributed by atoms with E-state index in [1.807, 2.05) is 31.2 Å². The van der Waals surface area contributed by atoms with E-state index in [-0.39, 0.29) is 18.0 Å². The lowest BCUT2D eigenvalue weighted by Crippen LogP contribution is -2.29. The fraction of sp³-hybridized carbons (Fsp3) is 0.333. The van der Waals surface area contributed by atoms with Gasteiger partial charge in [0.1, 0.15) is 19.0 Å².